The van der Waals surface area contributed by atoms with Gasteiger partial charge in [0.05, 0.1) is 18.2 Å². The lowest BCUT2D eigenvalue weighted by atomic mass is 9.90. The Morgan fingerprint density at radius 3 is 2.11 bits per heavy atom. The number of aryl methyl sites for hydroxylation is 4. The van der Waals surface area contributed by atoms with Crippen LogP contribution in [0.4, 0.5) is 0 Å². The van der Waals surface area contributed by atoms with Gasteiger partial charge in [-0.05, 0) is 55.7 Å². The van der Waals surface area contributed by atoms with Crippen molar-refractivity contribution < 1.29 is 9.13 Å². The molecule has 28 heavy (non-hydrogen) atoms. The summed E-state index contributed by atoms with van der Waals surface area (Å²) >= 11 is 0. The molecular weight excluding hydrogens is 342 g/mol. The maximum absolute atomic E-state index is 2.31. The first-order valence-electron chi connectivity index (χ1n) is 9.67. The van der Waals surface area contributed by atoms with E-state index in [0.29, 0.717) is 0 Å². The molecule has 0 amide bonds. The highest BCUT2D eigenvalue weighted by atomic mass is 15.1. The van der Waals surface area contributed by atoms with Crippen molar-refractivity contribution in [1.82, 2.24) is 4.57 Å². The third-order valence-corrected chi connectivity index (χ3v) is 5.54. The van der Waals surface area contributed by atoms with Crippen molar-refractivity contribution in [2.24, 2.45) is 14.1 Å². The molecular formula is C25H27N3+2. The Hall–Kier alpha value is -3.20. The van der Waals surface area contributed by atoms with Crippen LogP contribution in [0.15, 0.2) is 73.2 Å². The van der Waals surface area contributed by atoms with Gasteiger partial charge in [0, 0.05) is 12.1 Å². The zero-order valence-corrected chi connectivity index (χ0v) is 17.3. The second-order valence-corrected chi connectivity index (χ2v) is 7.52. The standard InChI is InChI=1S/C25H27N3/c1-18-17-19(2)24(20(3)23(18)22-13-9-10-14-26(22)4)25-27(5)15-16-28(25)21-11-7-6-8-12-21/h6-17H,1-5H3/q+2. The molecule has 0 atom stereocenters. The fourth-order valence-electron chi connectivity index (χ4n) is 4.28. The molecule has 3 nitrogen and oxygen atoms in total. The fourth-order valence-corrected chi connectivity index (χ4v) is 4.28. The van der Waals surface area contributed by atoms with Gasteiger partial charge in [-0.15, -0.1) is 0 Å². The lowest BCUT2D eigenvalue weighted by Crippen LogP contribution is -2.31. The molecule has 4 aromatic rings. The largest absolute Gasteiger partial charge is 0.294 e. The minimum absolute atomic E-state index is 1.17. The summed E-state index contributed by atoms with van der Waals surface area (Å²) in [6, 6.07) is 19.2. The molecule has 0 fully saturated rings. The van der Waals surface area contributed by atoms with Gasteiger partial charge in [0.25, 0.3) is 5.82 Å². The summed E-state index contributed by atoms with van der Waals surface area (Å²) in [5.74, 6) is 1.20. The SMILES string of the molecule is Cc1cc(C)c(-c2n(-c3ccccc3)cc[n+]2C)c(C)c1-c1cccc[n+]1C. The fraction of sp³-hybridized carbons (Fsp3) is 0.200. The van der Waals surface area contributed by atoms with E-state index in [9.17, 15) is 0 Å². The Kier molecular flexibility index (Phi) is 4.60. The van der Waals surface area contributed by atoms with E-state index in [0.717, 1.165) is 0 Å². The number of nitrogens with zero attached hydrogens (tertiary/aromatic N) is 3. The van der Waals surface area contributed by atoms with Crippen LogP contribution in [0.1, 0.15) is 16.7 Å². The number of pyridine rings is 1. The summed E-state index contributed by atoms with van der Waals surface area (Å²) in [5.41, 5.74) is 8.92. The number of imidazole rings is 1. The smallest absolute Gasteiger partial charge is 0.232 e. The van der Waals surface area contributed by atoms with E-state index >= 15 is 0 Å². The molecule has 0 saturated heterocycles. The van der Waals surface area contributed by atoms with E-state index in [1.54, 1.807) is 0 Å². The van der Waals surface area contributed by atoms with E-state index in [4.69, 9.17) is 0 Å². The number of benzene rings is 2. The highest BCUT2D eigenvalue weighted by Gasteiger charge is 2.27. The van der Waals surface area contributed by atoms with Gasteiger partial charge in [-0.2, -0.15) is 4.57 Å². The van der Waals surface area contributed by atoms with Crippen LogP contribution < -0.4 is 9.13 Å². The highest BCUT2D eigenvalue weighted by Crippen LogP contribution is 2.35. The molecule has 2 aromatic carbocycles. The molecule has 2 aromatic heterocycles. The molecule has 140 valence electrons. The van der Waals surface area contributed by atoms with Gasteiger partial charge in [0.15, 0.2) is 6.20 Å². The predicted octanol–water partition coefficient (Wildman–Crippen LogP) is 4.39. The van der Waals surface area contributed by atoms with Crippen LogP contribution in [0.5, 0.6) is 0 Å². The summed E-state index contributed by atoms with van der Waals surface area (Å²) in [4.78, 5) is 0. The van der Waals surface area contributed by atoms with Crippen molar-refractivity contribution in [2.75, 3.05) is 0 Å². The van der Waals surface area contributed by atoms with Crippen LogP contribution >= 0.6 is 0 Å². The first-order chi connectivity index (χ1) is 13.5. The second-order valence-electron chi connectivity index (χ2n) is 7.52. The average molecular weight is 370 g/mol. The third kappa shape index (κ3) is 2.93. The lowest BCUT2D eigenvalue weighted by molar-refractivity contribution is -0.660. The van der Waals surface area contributed by atoms with E-state index in [1.807, 2.05) is 0 Å². The Bertz CT molecular complexity index is 1150. The lowest BCUT2D eigenvalue weighted by Gasteiger charge is -2.15. The number of rotatable bonds is 3. The minimum atomic E-state index is 1.17. The Morgan fingerprint density at radius 2 is 1.39 bits per heavy atom. The maximum atomic E-state index is 2.31. The van der Waals surface area contributed by atoms with Gasteiger partial charge in [-0.25, -0.2) is 9.13 Å². The minimum Gasteiger partial charge on any atom is -0.232 e. The highest BCUT2D eigenvalue weighted by molar-refractivity contribution is 5.77. The molecule has 0 bridgehead atoms. The van der Waals surface area contributed by atoms with E-state index < -0.39 is 0 Å². The van der Waals surface area contributed by atoms with E-state index in [-0.39, 0.29) is 0 Å². The monoisotopic (exact) mass is 369 g/mol. The normalized spacial score (nSPS) is 11.0. The quantitative estimate of drug-likeness (QED) is 0.475. The van der Waals surface area contributed by atoms with Crippen LogP contribution in [-0.4, -0.2) is 4.57 Å². The molecule has 0 saturated carbocycles. The molecule has 0 aliphatic rings. The zero-order valence-electron chi connectivity index (χ0n) is 17.3. The molecule has 0 unspecified atom stereocenters. The molecule has 0 radical (unpaired) electrons. The van der Waals surface area contributed by atoms with Gasteiger partial charge in [-0.1, -0.05) is 24.3 Å². The maximum Gasteiger partial charge on any atom is 0.294 e. The molecule has 2 heterocycles. The molecule has 0 aliphatic carbocycles. The average Bonchev–Trinajstić information content (AvgIpc) is 3.05. The molecule has 3 heteroatoms. The third-order valence-electron chi connectivity index (χ3n) is 5.54. The van der Waals surface area contributed by atoms with E-state index in [1.165, 1.54) is 45.0 Å². The Labute approximate surface area is 167 Å². The number of hydrogen-bond donors (Lipinski definition) is 0. The van der Waals surface area contributed by atoms with Crippen molar-refractivity contribution in [1.29, 1.82) is 0 Å². The van der Waals surface area contributed by atoms with Crippen LogP contribution in [0.2, 0.25) is 0 Å². The van der Waals surface area contributed by atoms with Crippen molar-refractivity contribution in [2.45, 2.75) is 20.8 Å². The molecule has 4 rings (SSSR count). The summed E-state index contributed by atoms with van der Waals surface area (Å²) in [5, 5.41) is 0. The van der Waals surface area contributed by atoms with Gasteiger partial charge in [-0.3, -0.25) is 0 Å². The van der Waals surface area contributed by atoms with Crippen molar-refractivity contribution >= 4 is 0 Å². The summed E-state index contributed by atoms with van der Waals surface area (Å²) in [6.45, 7) is 6.68. The Balaban J connectivity index is 2.03. The summed E-state index contributed by atoms with van der Waals surface area (Å²) in [6.07, 6.45) is 6.38. The van der Waals surface area contributed by atoms with Crippen LogP contribution in [0.3, 0.4) is 0 Å². The van der Waals surface area contributed by atoms with Crippen LogP contribution in [-0.2, 0) is 14.1 Å². The second kappa shape index (κ2) is 7.08. The molecule has 0 aliphatic heterocycles. The van der Waals surface area contributed by atoms with Crippen LogP contribution in [0, 0.1) is 20.8 Å². The molecule has 0 spiro atoms. The van der Waals surface area contributed by atoms with Crippen LogP contribution in [0.25, 0.3) is 28.3 Å². The van der Waals surface area contributed by atoms with Crippen molar-refractivity contribution in [3.8, 4) is 28.3 Å². The Morgan fingerprint density at radius 1 is 0.714 bits per heavy atom. The van der Waals surface area contributed by atoms with E-state index in [2.05, 4.69) is 122 Å². The summed E-state index contributed by atoms with van der Waals surface area (Å²) in [7, 11) is 4.23. The van der Waals surface area contributed by atoms with Gasteiger partial charge < -0.3 is 0 Å². The number of aromatic nitrogens is 3. The topological polar surface area (TPSA) is 12.7 Å². The van der Waals surface area contributed by atoms with Gasteiger partial charge >= 0.3 is 0 Å². The first kappa shape index (κ1) is 18.2. The van der Waals surface area contributed by atoms with Gasteiger partial charge in [0.1, 0.15) is 25.1 Å². The first-order valence-corrected chi connectivity index (χ1v) is 9.67. The van der Waals surface area contributed by atoms with Gasteiger partial charge in [0.2, 0.25) is 5.69 Å². The predicted molar refractivity (Wildman–Crippen MR) is 113 cm³/mol. The zero-order chi connectivity index (χ0) is 19.8. The van der Waals surface area contributed by atoms with Crippen molar-refractivity contribution in [3.63, 3.8) is 0 Å². The number of hydrogen-bond acceptors (Lipinski definition) is 0. The molecule has 0 N–H and O–H groups in total. The number of para-hydroxylation sites is 1. The van der Waals surface area contributed by atoms with Crippen molar-refractivity contribution in [3.05, 3.63) is 89.9 Å². The summed E-state index contributed by atoms with van der Waals surface area (Å²) < 4.78 is 6.69.